The summed E-state index contributed by atoms with van der Waals surface area (Å²) in [5.74, 6) is 0. The van der Waals surface area contributed by atoms with Crippen LogP contribution < -0.4 is 0 Å². The minimum Gasteiger partial charge on any atom is -0.394 e. The number of hydrogen-bond acceptors (Lipinski definition) is 5. The fourth-order valence-corrected chi connectivity index (χ4v) is 4.13. The molecular formula is C25H48O5. The van der Waals surface area contributed by atoms with Crippen molar-refractivity contribution in [3.63, 3.8) is 0 Å². The molecule has 30 heavy (non-hydrogen) atoms. The molecule has 0 radical (unpaired) electrons. The molecule has 0 bridgehead atoms. The third kappa shape index (κ3) is 13.1. The molecule has 5 heteroatoms. The van der Waals surface area contributed by atoms with E-state index in [9.17, 15) is 10.2 Å². The van der Waals surface area contributed by atoms with E-state index in [0.717, 1.165) is 12.8 Å². The molecule has 1 fully saturated rings. The summed E-state index contributed by atoms with van der Waals surface area (Å²) in [6, 6.07) is 0. The highest BCUT2D eigenvalue weighted by molar-refractivity contribution is 4.87. The monoisotopic (exact) mass is 428 g/mol. The predicted molar refractivity (Wildman–Crippen MR) is 123 cm³/mol. The lowest BCUT2D eigenvalue weighted by Crippen LogP contribution is -2.55. The molecule has 0 amide bonds. The number of aliphatic hydroxyl groups is 3. The Kier molecular flexibility index (Phi) is 17.7. The van der Waals surface area contributed by atoms with Gasteiger partial charge in [0.1, 0.15) is 24.4 Å². The van der Waals surface area contributed by atoms with E-state index in [1.807, 2.05) is 6.08 Å². The summed E-state index contributed by atoms with van der Waals surface area (Å²) in [6.45, 7) is 4.14. The lowest BCUT2D eigenvalue weighted by molar-refractivity contribution is -0.210. The SMILES string of the molecule is C=CCCCCCCCCCCCCCCCCCO[C@@H]1[C@@H](O)[C@H](CO)OC[C@H]1O. The van der Waals surface area contributed by atoms with Crippen molar-refractivity contribution in [2.75, 3.05) is 19.8 Å². The van der Waals surface area contributed by atoms with Crippen molar-refractivity contribution in [2.45, 2.75) is 127 Å². The van der Waals surface area contributed by atoms with Crippen LogP contribution in [0.1, 0.15) is 103 Å². The Bertz CT molecular complexity index is 390. The standard InChI is InChI=1S/C25H48O5/c1-2-3-4-5-6-7-8-9-10-11-12-13-14-15-16-17-18-19-29-25-22(27)21-30-23(20-26)24(25)28/h2,22-28H,1,3-21H2/t22-,23+,24+,25+/m1/s1. The van der Waals surface area contributed by atoms with Gasteiger partial charge in [-0.05, 0) is 19.3 Å². The van der Waals surface area contributed by atoms with Gasteiger partial charge in [-0.1, -0.05) is 89.5 Å². The van der Waals surface area contributed by atoms with Gasteiger partial charge in [0.2, 0.25) is 0 Å². The largest absolute Gasteiger partial charge is 0.394 e. The summed E-state index contributed by atoms with van der Waals surface area (Å²) in [5, 5.41) is 29.1. The first-order chi connectivity index (χ1) is 14.7. The van der Waals surface area contributed by atoms with E-state index < -0.39 is 24.4 Å². The maximum atomic E-state index is 10.1. The van der Waals surface area contributed by atoms with Crippen LogP contribution in [0.2, 0.25) is 0 Å². The Balaban J connectivity index is 1.81. The molecular weight excluding hydrogens is 380 g/mol. The van der Waals surface area contributed by atoms with E-state index in [-0.39, 0.29) is 13.2 Å². The summed E-state index contributed by atoms with van der Waals surface area (Å²) in [4.78, 5) is 0. The zero-order valence-corrected chi connectivity index (χ0v) is 19.2. The van der Waals surface area contributed by atoms with Crippen molar-refractivity contribution < 1.29 is 24.8 Å². The minimum atomic E-state index is -0.971. The topological polar surface area (TPSA) is 79.2 Å². The van der Waals surface area contributed by atoms with Crippen molar-refractivity contribution in [1.29, 1.82) is 0 Å². The molecule has 0 saturated carbocycles. The van der Waals surface area contributed by atoms with Crippen molar-refractivity contribution in [3.8, 4) is 0 Å². The van der Waals surface area contributed by atoms with Gasteiger partial charge in [0.15, 0.2) is 0 Å². The van der Waals surface area contributed by atoms with E-state index in [1.165, 1.54) is 89.9 Å². The fourth-order valence-electron chi connectivity index (χ4n) is 4.13. The Morgan fingerprint density at radius 2 is 1.23 bits per heavy atom. The molecule has 1 rings (SSSR count). The third-order valence-corrected chi connectivity index (χ3v) is 6.12. The molecule has 0 aromatic heterocycles. The van der Waals surface area contributed by atoms with Gasteiger partial charge in [0, 0.05) is 6.61 Å². The smallest absolute Gasteiger partial charge is 0.114 e. The zero-order chi connectivity index (χ0) is 21.9. The van der Waals surface area contributed by atoms with Crippen LogP contribution in [0, 0.1) is 0 Å². The molecule has 3 N–H and O–H groups in total. The van der Waals surface area contributed by atoms with Gasteiger partial charge in [0.05, 0.1) is 13.2 Å². The van der Waals surface area contributed by atoms with Crippen molar-refractivity contribution in [2.24, 2.45) is 0 Å². The van der Waals surface area contributed by atoms with Crippen LogP contribution in [-0.2, 0) is 9.47 Å². The highest BCUT2D eigenvalue weighted by Gasteiger charge is 2.38. The van der Waals surface area contributed by atoms with Gasteiger partial charge in [-0.15, -0.1) is 6.58 Å². The van der Waals surface area contributed by atoms with Crippen molar-refractivity contribution in [1.82, 2.24) is 0 Å². The van der Waals surface area contributed by atoms with Gasteiger partial charge < -0.3 is 24.8 Å². The van der Waals surface area contributed by atoms with Crippen LogP contribution in [0.3, 0.4) is 0 Å². The molecule has 1 aliphatic heterocycles. The molecule has 0 aromatic carbocycles. The molecule has 4 atom stereocenters. The summed E-state index contributed by atoms with van der Waals surface area (Å²) < 4.78 is 10.9. The summed E-state index contributed by atoms with van der Waals surface area (Å²) in [7, 11) is 0. The molecule has 0 aromatic rings. The first-order valence-corrected chi connectivity index (χ1v) is 12.5. The lowest BCUT2D eigenvalue weighted by atomic mass is 10.0. The quantitative estimate of drug-likeness (QED) is 0.190. The second-order valence-corrected chi connectivity index (χ2v) is 8.83. The van der Waals surface area contributed by atoms with Gasteiger partial charge in [-0.2, -0.15) is 0 Å². The van der Waals surface area contributed by atoms with Gasteiger partial charge >= 0.3 is 0 Å². The number of rotatable bonds is 20. The summed E-state index contributed by atoms with van der Waals surface area (Å²) in [5.41, 5.74) is 0. The van der Waals surface area contributed by atoms with Crippen molar-refractivity contribution >= 4 is 0 Å². The van der Waals surface area contributed by atoms with Gasteiger partial charge in [0.25, 0.3) is 0 Å². The van der Waals surface area contributed by atoms with Crippen LogP contribution in [0.4, 0.5) is 0 Å². The Hall–Kier alpha value is -0.460. The molecule has 1 aliphatic rings. The first-order valence-electron chi connectivity index (χ1n) is 12.5. The average Bonchev–Trinajstić information content (AvgIpc) is 2.75. The zero-order valence-electron chi connectivity index (χ0n) is 19.2. The maximum absolute atomic E-state index is 10.1. The number of aliphatic hydroxyl groups excluding tert-OH is 3. The van der Waals surface area contributed by atoms with E-state index in [2.05, 4.69) is 6.58 Å². The second kappa shape index (κ2) is 19.2. The normalized spacial score (nSPS) is 24.2. The maximum Gasteiger partial charge on any atom is 0.114 e. The van der Waals surface area contributed by atoms with Gasteiger partial charge in [-0.25, -0.2) is 0 Å². The Morgan fingerprint density at radius 1 is 0.767 bits per heavy atom. The molecule has 0 unspecified atom stereocenters. The van der Waals surface area contributed by atoms with Crippen LogP contribution in [-0.4, -0.2) is 59.6 Å². The van der Waals surface area contributed by atoms with Crippen LogP contribution >= 0.6 is 0 Å². The predicted octanol–water partition coefficient (Wildman–Crippen LogP) is 4.91. The highest BCUT2D eigenvalue weighted by atomic mass is 16.6. The van der Waals surface area contributed by atoms with E-state index in [1.54, 1.807) is 0 Å². The molecule has 178 valence electrons. The number of ether oxygens (including phenoxy) is 2. The molecule has 1 heterocycles. The van der Waals surface area contributed by atoms with E-state index in [0.29, 0.717) is 6.61 Å². The summed E-state index contributed by atoms with van der Waals surface area (Å²) in [6.07, 6.45) is 19.7. The molecule has 0 aliphatic carbocycles. The average molecular weight is 429 g/mol. The Morgan fingerprint density at radius 3 is 1.70 bits per heavy atom. The van der Waals surface area contributed by atoms with E-state index in [4.69, 9.17) is 14.6 Å². The van der Waals surface area contributed by atoms with Crippen LogP contribution in [0.5, 0.6) is 0 Å². The van der Waals surface area contributed by atoms with Gasteiger partial charge in [-0.3, -0.25) is 0 Å². The molecule has 0 spiro atoms. The second-order valence-electron chi connectivity index (χ2n) is 8.83. The first kappa shape index (κ1) is 27.6. The fraction of sp³-hybridized carbons (Fsp3) is 0.920. The Labute approximate surface area is 184 Å². The third-order valence-electron chi connectivity index (χ3n) is 6.12. The molecule has 1 saturated heterocycles. The van der Waals surface area contributed by atoms with Crippen LogP contribution in [0.15, 0.2) is 12.7 Å². The van der Waals surface area contributed by atoms with Crippen LogP contribution in [0.25, 0.3) is 0 Å². The van der Waals surface area contributed by atoms with Crippen molar-refractivity contribution in [3.05, 3.63) is 12.7 Å². The summed E-state index contributed by atoms with van der Waals surface area (Å²) >= 11 is 0. The number of unbranched alkanes of at least 4 members (excludes halogenated alkanes) is 15. The minimum absolute atomic E-state index is 0.100. The molecule has 5 nitrogen and oxygen atoms in total. The highest BCUT2D eigenvalue weighted by Crippen LogP contribution is 2.19. The number of allylic oxidation sites excluding steroid dienone is 1. The van der Waals surface area contributed by atoms with E-state index >= 15 is 0 Å². The lowest BCUT2D eigenvalue weighted by Gasteiger charge is -2.37. The number of hydrogen-bond donors (Lipinski definition) is 3.